The molecule has 0 atom stereocenters. The maximum Gasteiger partial charge on any atom is 0.271 e. The Morgan fingerprint density at radius 2 is 2.06 bits per heavy atom. The van der Waals surface area contributed by atoms with Crippen LogP contribution in [0.4, 0.5) is 5.82 Å². The topological polar surface area (TPSA) is 110 Å². The number of aromatic nitrogens is 2. The molecule has 0 spiro atoms. The van der Waals surface area contributed by atoms with Gasteiger partial charge in [-0.05, 0) is 6.42 Å². The summed E-state index contributed by atoms with van der Waals surface area (Å²) in [6.07, 6.45) is 3.80. The molecule has 0 saturated carbocycles. The number of amides is 2. The van der Waals surface area contributed by atoms with Crippen molar-refractivity contribution in [3.05, 3.63) is 18.1 Å². The molecule has 0 bridgehead atoms. The molecule has 1 heterocycles. The van der Waals surface area contributed by atoms with Gasteiger partial charge < -0.3 is 16.4 Å². The molecule has 0 fully saturated rings. The fourth-order valence-corrected chi connectivity index (χ4v) is 1.22. The molecule has 0 aliphatic rings. The average Bonchev–Trinajstić information content (AvgIpc) is 2.36. The number of nitrogens with zero attached hydrogens (tertiary/aromatic N) is 2. The Morgan fingerprint density at radius 3 is 2.72 bits per heavy atom. The zero-order valence-corrected chi connectivity index (χ0v) is 10.3. The highest BCUT2D eigenvalue weighted by Crippen LogP contribution is 1.96. The van der Waals surface area contributed by atoms with Gasteiger partial charge in [0.15, 0.2) is 0 Å². The number of nitrogens with one attached hydrogen (secondary N) is 2. The number of anilines is 1. The first-order valence-electron chi connectivity index (χ1n) is 5.76. The quantitative estimate of drug-likeness (QED) is 0.643. The van der Waals surface area contributed by atoms with E-state index in [9.17, 15) is 9.59 Å². The molecular formula is C11H17N5O2. The molecule has 0 radical (unpaired) electrons. The molecule has 98 valence electrons. The van der Waals surface area contributed by atoms with Crippen LogP contribution in [0.1, 0.15) is 30.3 Å². The summed E-state index contributed by atoms with van der Waals surface area (Å²) >= 11 is 0. The van der Waals surface area contributed by atoms with E-state index in [1.165, 1.54) is 12.4 Å². The summed E-state index contributed by atoms with van der Waals surface area (Å²) in [6.45, 7) is 2.87. The molecule has 0 saturated heterocycles. The van der Waals surface area contributed by atoms with Crippen molar-refractivity contribution in [1.82, 2.24) is 20.6 Å². The standard InChI is InChI=1S/C11H17N5O2/c1-2-4-14-10(17)3-5-15-11(18)8-6-13-7-9(12)16-8/h6-7H,2-5H2,1H3,(H2,12,16)(H,14,17)(H,15,18). The van der Waals surface area contributed by atoms with Crippen molar-refractivity contribution in [1.29, 1.82) is 0 Å². The van der Waals surface area contributed by atoms with Gasteiger partial charge in [0.1, 0.15) is 11.5 Å². The number of hydrogen-bond donors (Lipinski definition) is 3. The predicted molar refractivity (Wildman–Crippen MR) is 66.7 cm³/mol. The van der Waals surface area contributed by atoms with Crippen molar-refractivity contribution in [3.63, 3.8) is 0 Å². The van der Waals surface area contributed by atoms with Crippen LogP contribution in [0.3, 0.4) is 0 Å². The van der Waals surface area contributed by atoms with Gasteiger partial charge in [0, 0.05) is 19.5 Å². The van der Waals surface area contributed by atoms with E-state index in [-0.39, 0.29) is 30.4 Å². The van der Waals surface area contributed by atoms with Gasteiger partial charge in [0.25, 0.3) is 5.91 Å². The number of nitrogen functional groups attached to an aromatic ring is 1. The minimum atomic E-state index is -0.391. The number of nitrogens with two attached hydrogens (primary N) is 1. The van der Waals surface area contributed by atoms with E-state index in [0.717, 1.165) is 6.42 Å². The molecule has 0 aliphatic carbocycles. The average molecular weight is 251 g/mol. The Labute approximate surface area is 105 Å². The fourth-order valence-electron chi connectivity index (χ4n) is 1.22. The smallest absolute Gasteiger partial charge is 0.271 e. The SMILES string of the molecule is CCCNC(=O)CCNC(=O)c1cncc(N)n1. The van der Waals surface area contributed by atoms with E-state index in [1.807, 2.05) is 6.92 Å². The third-order valence-electron chi connectivity index (χ3n) is 2.10. The van der Waals surface area contributed by atoms with Crippen LogP contribution in [0, 0.1) is 0 Å². The van der Waals surface area contributed by atoms with Crippen molar-refractivity contribution >= 4 is 17.6 Å². The number of carbonyl (C=O) groups excluding carboxylic acids is 2. The van der Waals surface area contributed by atoms with Gasteiger partial charge in [-0.3, -0.25) is 14.6 Å². The summed E-state index contributed by atoms with van der Waals surface area (Å²) in [5, 5.41) is 5.29. The van der Waals surface area contributed by atoms with Gasteiger partial charge in [-0.2, -0.15) is 0 Å². The first-order chi connectivity index (χ1) is 8.63. The van der Waals surface area contributed by atoms with Crippen LogP contribution < -0.4 is 16.4 Å². The van der Waals surface area contributed by atoms with Crippen molar-refractivity contribution < 1.29 is 9.59 Å². The highest BCUT2D eigenvalue weighted by Gasteiger charge is 2.08. The molecular weight excluding hydrogens is 234 g/mol. The summed E-state index contributed by atoms with van der Waals surface area (Å²) in [5.41, 5.74) is 5.55. The molecule has 2 amide bonds. The lowest BCUT2D eigenvalue weighted by molar-refractivity contribution is -0.120. The van der Waals surface area contributed by atoms with Gasteiger partial charge in [-0.15, -0.1) is 0 Å². The van der Waals surface area contributed by atoms with Gasteiger partial charge in [0.2, 0.25) is 5.91 Å². The molecule has 18 heavy (non-hydrogen) atoms. The fraction of sp³-hybridized carbons (Fsp3) is 0.455. The van der Waals surface area contributed by atoms with Gasteiger partial charge in [0.05, 0.1) is 12.4 Å². The molecule has 1 aromatic rings. The lowest BCUT2D eigenvalue weighted by Gasteiger charge is -2.05. The van der Waals surface area contributed by atoms with E-state index < -0.39 is 5.91 Å². The lowest BCUT2D eigenvalue weighted by atomic mass is 10.3. The predicted octanol–water partition coefficient (Wildman–Crippen LogP) is -0.295. The van der Waals surface area contributed by atoms with Gasteiger partial charge in [-0.1, -0.05) is 6.92 Å². The van der Waals surface area contributed by atoms with Crippen LogP contribution in [0.25, 0.3) is 0 Å². The summed E-state index contributed by atoms with van der Waals surface area (Å²) in [7, 11) is 0. The molecule has 0 aliphatic heterocycles. The maximum absolute atomic E-state index is 11.6. The second-order valence-electron chi connectivity index (χ2n) is 3.69. The second-order valence-corrected chi connectivity index (χ2v) is 3.69. The number of hydrogen-bond acceptors (Lipinski definition) is 5. The molecule has 1 rings (SSSR count). The van der Waals surface area contributed by atoms with E-state index in [4.69, 9.17) is 5.73 Å². The molecule has 0 aromatic carbocycles. The summed E-state index contributed by atoms with van der Waals surface area (Å²) < 4.78 is 0. The lowest BCUT2D eigenvalue weighted by Crippen LogP contribution is -2.31. The van der Waals surface area contributed by atoms with Crippen LogP contribution in [-0.4, -0.2) is 34.9 Å². The highest BCUT2D eigenvalue weighted by molar-refractivity contribution is 5.92. The first-order valence-corrected chi connectivity index (χ1v) is 5.76. The zero-order chi connectivity index (χ0) is 13.4. The minimum absolute atomic E-state index is 0.0872. The Balaban J connectivity index is 2.31. The van der Waals surface area contributed by atoms with Crippen molar-refractivity contribution in [3.8, 4) is 0 Å². The van der Waals surface area contributed by atoms with Crippen LogP contribution in [-0.2, 0) is 4.79 Å². The number of rotatable bonds is 6. The first kappa shape index (κ1) is 13.9. The minimum Gasteiger partial charge on any atom is -0.382 e. The monoisotopic (exact) mass is 251 g/mol. The molecule has 0 unspecified atom stereocenters. The van der Waals surface area contributed by atoms with E-state index >= 15 is 0 Å². The van der Waals surface area contributed by atoms with Crippen LogP contribution in [0.15, 0.2) is 12.4 Å². The molecule has 1 aromatic heterocycles. The third kappa shape index (κ3) is 4.77. The van der Waals surface area contributed by atoms with E-state index in [1.54, 1.807) is 0 Å². The normalized spacial score (nSPS) is 9.83. The molecule has 4 N–H and O–H groups in total. The number of carbonyl (C=O) groups is 2. The highest BCUT2D eigenvalue weighted by atomic mass is 16.2. The summed E-state index contributed by atoms with van der Waals surface area (Å²) in [4.78, 5) is 30.4. The van der Waals surface area contributed by atoms with Crippen LogP contribution >= 0.6 is 0 Å². The van der Waals surface area contributed by atoms with Gasteiger partial charge >= 0.3 is 0 Å². The molecule has 7 nitrogen and oxygen atoms in total. The van der Waals surface area contributed by atoms with E-state index in [2.05, 4.69) is 20.6 Å². The third-order valence-corrected chi connectivity index (χ3v) is 2.10. The zero-order valence-electron chi connectivity index (χ0n) is 10.3. The Hall–Kier alpha value is -2.18. The second kappa shape index (κ2) is 7.21. The Morgan fingerprint density at radius 1 is 1.28 bits per heavy atom. The van der Waals surface area contributed by atoms with Gasteiger partial charge in [-0.25, -0.2) is 4.98 Å². The van der Waals surface area contributed by atoms with Crippen molar-refractivity contribution in [2.24, 2.45) is 0 Å². The van der Waals surface area contributed by atoms with Crippen molar-refractivity contribution in [2.45, 2.75) is 19.8 Å². The maximum atomic E-state index is 11.6. The van der Waals surface area contributed by atoms with E-state index in [0.29, 0.717) is 6.54 Å². The molecule has 7 heteroatoms. The van der Waals surface area contributed by atoms with Crippen LogP contribution in [0.2, 0.25) is 0 Å². The largest absolute Gasteiger partial charge is 0.382 e. The van der Waals surface area contributed by atoms with Crippen LogP contribution in [0.5, 0.6) is 0 Å². The Bertz CT molecular complexity index is 422. The Kier molecular flexibility index (Phi) is 5.56. The summed E-state index contributed by atoms with van der Waals surface area (Å²) in [6, 6.07) is 0. The summed E-state index contributed by atoms with van der Waals surface area (Å²) in [5.74, 6) is -0.294. The van der Waals surface area contributed by atoms with Crippen molar-refractivity contribution in [2.75, 3.05) is 18.8 Å².